The van der Waals surface area contributed by atoms with Crippen LogP contribution in [0, 0.1) is 10.1 Å². The molecule has 0 radical (unpaired) electrons. The van der Waals surface area contributed by atoms with Crippen molar-refractivity contribution in [3.8, 4) is 11.5 Å². The number of alkyl halides is 3. The molecule has 1 aliphatic rings. The lowest BCUT2D eigenvalue weighted by molar-refractivity contribution is -0.385. The van der Waals surface area contributed by atoms with Crippen LogP contribution in [0.3, 0.4) is 0 Å². The molecule has 1 fully saturated rings. The fraction of sp³-hybridized carbons (Fsp3) is 0.0833. The second-order valence-corrected chi connectivity index (χ2v) is 9.38. The van der Waals surface area contributed by atoms with Crippen LogP contribution >= 0.6 is 27.7 Å². The van der Waals surface area contributed by atoms with Crippen molar-refractivity contribution in [2.75, 3.05) is 0 Å². The van der Waals surface area contributed by atoms with Gasteiger partial charge < -0.3 is 4.74 Å². The number of para-hydroxylation sites is 1. The summed E-state index contributed by atoms with van der Waals surface area (Å²) in [6.07, 6.45) is -3.36. The molecule has 0 spiro atoms. The Morgan fingerprint density at radius 3 is 2.39 bits per heavy atom. The molecule has 0 saturated carbocycles. The molecule has 1 saturated heterocycles. The zero-order valence-corrected chi connectivity index (χ0v) is 20.4. The maximum atomic E-state index is 13.0. The van der Waals surface area contributed by atoms with Crippen LogP contribution in [-0.4, -0.2) is 21.0 Å². The molecule has 0 aliphatic carbocycles. The van der Waals surface area contributed by atoms with E-state index in [1.165, 1.54) is 12.1 Å². The fourth-order valence-electron chi connectivity index (χ4n) is 3.28. The predicted octanol–water partition coefficient (Wildman–Crippen LogP) is 7.40. The molecule has 2 amide bonds. The molecule has 3 aromatic carbocycles. The van der Waals surface area contributed by atoms with Crippen molar-refractivity contribution >= 4 is 50.6 Å². The van der Waals surface area contributed by atoms with Crippen LogP contribution in [0.25, 0.3) is 6.08 Å². The minimum absolute atomic E-state index is 0.0556. The summed E-state index contributed by atoms with van der Waals surface area (Å²) < 4.78 is 45.4. The number of nitrogens with zero attached hydrogens (tertiary/aromatic N) is 2. The SMILES string of the molecule is O=C1S/C(=C\c2ccccc2Oc2ccc(C(F)(F)F)cc2[N+](=O)[O-])C(=O)N1Cc1ccc(Br)cc1. The Kier molecular flexibility index (Phi) is 7.18. The van der Waals surface area contributed by atoms with Crippen LogP contribution in [0.15, 0.2) is 76.1 Å². The summed E-state index contributed by atoms with van der Waals surface area (Å²) in [5.41, 5.74) is -0.996. The number of hydrogen-bond donors (Lipinski definition) is 0. The quantitative estimate of drug-likeness (QED) is 0.172. The Morgan fingerprint density at radius 1 is 1.03 bits per heavy atom. The summed E-state index contributed by atoms with van der Waals surface area (Å²) in [6.45, 7) is 0.0746. The third-order valence-corrected chi connectivity index (χ3v) is 6.47. The van der Waals surface area contributed by atoms with Gasteiger partial charge in [0.2, 0.25) is 5.75 Å². The normalized spacial score (nSPS) is 15.0. The third kappa shape index (κ3) is 5.60. The van der Waals surface area contributed by atoms with Gasteiger partial charge in [0.05, 0.1) is 21.9 Å². The van der Waals surface area contributed by atoms with Gasteiger partial charge >= 0.3 is 11.9 Å². The molecule has 36 heavy (non-hydrogen) atoms. The van der Waals surface area contributed by atoms with Crippen molar-refractivity contribution in [3.63, 3.8) is 0 Å². The van der Waals surface area contributed by atoms with Crippen LogP contribution in [0.1, 0.15) is 16.7 Å². The first-order valence-electron chi connectivity index (χ1n) is 10.2. The predicted molar refractivity (Wildman–Crippen MR) is 130 cm³/mol. The van der Waals surface area contributed by atoms with Crippen LogP contribution in [0.5, 0.6) is 11.5 Å². The van der Waals surface area contributed by atoms with E-state index in [1.54, 1.807) is 42.5 Å². The van der Waals surface area contributed by atoms with Gasteiger partial charge in [0.25, 0.3) is 11.1 Å². The van der Waals surface area contributed by atoms with Gasteiger partial charge in [0.15, 0.2) is 0 Å². The largest absolute Gasteiger partial charge is 0.449 e. The summed E-state index contributed by atoms with van der Waals surface area (Å²) in [7, 11) is 0. The molecule has 184 valence electrons. The number of nitro benzene ring substituents is 1. The summed E-state index contributed by atoms with van der Waals surface area (Å²) in [5, 5.41) is 10.9. The van der Waals surface area contributed by atoms with Crippen LogP contribution in [0.2, 0.25) is 0 Å². The molecular weight excluding hydrogens is 565 g/mol. The highest BCUT2D eigenvalue weighted by atomic mass is 79.9. The van der Waals surface area contributed by atoms with Crippen molar-refractivity contribution in [1.29, 1.82) is 0 Å². The lowest BCUT2D eigenvalue weighted by Gasteiger charge is -2.13. The van der Waals surface area contributed by atoms with Crippen LogP contribution < -0.4 is 4.74 Å². The number of rotatable bonds is 6. The summed E-state index contributed by atoms with van der Waals surface area (Å²) in [6, 6.07) is 15.2. The highest BCUT2D eigenvalue weighted by Gasteiger charge is 2.36. The molecule has 0 N–H and O–H groups in total. The maximum absolute atomic E-state index is 13.0. The van der Waals surface area contributed by atoms with E-state index >= 15 is 0 Å². The molecule has 7 nitrogen and oxygen atoms in total. The van der Waals surface area contributed by atoms with E-state index in [0.29, 0.717) is 17.7 Å². The Labute approximate surface area is 214 Å². The molecule has 0 atom stereocenters. The molecule has 12 heteroatoms. The van der Waals surface area contributed by atoms with Gasteiger partial charge in [-0.25, -0.2) is 0 Å². The number of benzene rings is 3. The number of carbonyl (C=O) groups is 2. The van der Waals surface area contributed by atoms with Crippen LogP contribution in [-0.2, 0) is 17.5 Å². The minimum atomic E-state index is -4.76. The summed E-state index contributed by atoms with van der Waals surface area (Å²) >= 11 is 4.05. The van der Waals surface area contributed by atoms with Crippen molar-refractivity contribution in [2.24, 2.45) is 0 Å². The molecule has 1 heterocycles. The van der Waals surface area contributed by atoms with Gasteiger partial charge in [-0.2, -0.15) is 13.2 Å². The number of hydrogen-bond acceptors (Lipinski definition) is 6. The van der Waals surface area contributed by atoms with E-state index < -0.39 is 39.2 Å². The molecule has 0 bridgehead atoms. The van der Waals surface area contributed by atoms with E-state index in [2.05, 4.69) is 15.9 Å². The van der Waals surface area contributed by atoms with E-state index in [1.807, 2.05) is 0 Å². The van der Waals surface area contributed by atoms with Gasteiger partial charge in [0.1, 0.15) is 5.75 Å². The number of amides is 2. The lowest BCUT2D eigenvalue weighted by atomic mass is 10.1. The van der Waals surface area contributed by atoms with Gasteiger partial charge in [-0.05, 0) is 53.7 Å². The second-order valence-electron chi connectivity index (χ2n) is 7.47. The monoisotopic (exact) mass is 578 g/mol. The van der Waals surface area contributed by atoms with Gasteiger partial charge in [-0.3, -0.25) is 24.6 Å². The molecular formula is C24H14BrF3N2O5S. The Bertz CT molecular complexity index is 1390. The zero-order chi connectivity index (χ0) is 26.0. The van der Waals surface area contributed by atoms with E-state index in [0.717, 1.165) is 32.8 Å². The highest BCUT2D eigenvalue weighted by Crippen LogP contribution is 2.40. The van der Waals surface area contributed by atoms with E-state index in [-0.39, 0.29) is 17.2 Å². The first-order valence-corrected chi connectivity index (χ1v) is 11.8. The Hall–Kier alpha value is -3.64. The summed E-state index contributed by atoms with van der Waals surface area (Å²) in [4.78, 5) is 37.0. The molecule has 3 aromatic rings. The van der Waals surface area contributed by atoms with Crippen molar-refractivity contribution in [3.05, 3.63) is 103 Å². The zero-order valence-electron chi connectivity index (χ0n) is 18.0. The van der Waals surface area contributed by atoms with Crippen LogP contribution in [0.4, 0.5) is 23.7 Å². The van der Waals surface area contributed by atoms with Crippen molar-refractivity contribution in [2.45, 2.75) is 12.7 Å². The molecule has 1 aliphatic heterocycles. The van der Waals surface area contributed by atoms with Gasteiger partial charge in [-0.1, -0.05) is 46.3 Å². The fourth-order valence-corrected chi connectivity index (χ4v) is 4.38. The second kappa shape index (κ2) is 10.2. The van der Waals surface area contributed by atoms with Crippen molar-refractivity contribution < 1.29 is 32.4 Å². The average Bonchev–Trinajstić information content (AvgIpc) is 3.08. The topological polar surface area (TPSA) is 89.7 Å². The number of thioether (sulfide) groups is 1. The summed E-state index contributed by atoms with van der Waals surface area (Å²) in [5.74, 6) is -0.875. The highest BCUT2D eigenvalue weighted by molar-refractivity contribution is 9.10. The molecule has 0 aromatic heterocycles. The Morgan fingerprint density at radius 2 is 1.72 bits per heavy atom. The number of imide groups is 1. The van der Waals surface area contributed by atoms with E-state index in [4.69, 9.17) is 4.74 Å². The van der Waals surface area contributed by atoms with E-state index in [9.17, 15) is 32.9 Å². The Balaban J connectivity index is 1.62. The first-order chi connectivity index (χ1) is 17.0. The molecule has 4 rings (SSSR count). The number of nitro groups is 1. The average molecular weight is 579 g/mol. The molecule has 0 unspecified atom stereocenters. The number of ether oxygens (including phenoxy) is 1. The number of carbonyl (C=O) groups excluding carboxylic acids is 2. The number of halogens is 4. The maximum Gasteiger partial charge on any atom is 0.416 e. The first kappa shape index (κ1) is 25.5. The van der Waals surface area contributed by atoms with Crippen molar-refractivity contribution in [1.82, 2.24) is 4.90 Å². The smallest absolute Gasteiger partial charge is 0.416 e. The van der Waals surface area contributed by atoms with Gasteiger partial charge in [-0.15, -0.1) is 0 Å². The van der Waals surface area contributed by atoms with Gasteiger partial charge in [0, 0.05) is 16.1 Å². The lowest BCUT2D eigenvalue weighted by Crippen LogP contribution is -2.27. The minimum Gasteiger partial charge on any atom is -0.449 e. The third-order valence-electron chi connectivity index (χ3n) is 5.04. The standard InChI is InChI=1S/C24H14BrF3N2O5S/c25-17-8-5-14(6-9-17)13-29-22(31)21(36-23(29)32)11-15-3-1-2-4-19(15)35-20-10-7-16(24(26,27)28)12-18(20)30(33)34/h1-12H,13H2/b21-11-.